The number of nitrogens with zero attached hydrogens (tertiary/aromatic N) is 3. The zero-order valence-electron chi connectivity index (χ0n) is 11.0. The lowest BCUT2D eigenvalue weighted by Crippen LogP contribution is -2.20. The maximum absolute atomic E-state index is 11.2. The van der Waals surface area contributed by atoms with Crippen molar-refractivity contribution in [1.82, 2.24) is 9.97 Å². The van der Waals surface area contributed by atoms with E-state index in [4.69, 9.17) is 4.74 Å². The van der Waals surface area contributed by atoms with Gasteiger partial charge in [0.1, 0.15) is 6.33 Å². The summed E-state index contributed by atoms with van der Waals surface area (Å²) in [4.78, 5) is 18.5. The van der Waals surface area contributed by atoms with Crippen LogP contribution in [0.2, 0.25) is 0 Å². The lowest BCUT2D eigenvalue weighted by atomic mass is 10.2. The predicted molar refractivity (Wildman–Crippen MR) is 74.8 cm³/mol. The molecule has 1 aliphatic heterocycles. The summed E-state index contributed by atoms with van der Waals surface area (Å²) >= 11 is 0. The maximum atomic E-state index is 11.2. The normalized spacial score (nSPS) is 17.7. The van der Waals surface area contributed by atoms with Gasteiger partial charge >= 0.3 is 5.69 Å². The molecular formula is C12H17N5O3. The molecule has 1 aliphatic rings. The number of ether oxygens (including phenoxy) is 1. The first-order valence-electron chi connectivity index (χ1n) is 6.42. The van der Waals surface area contributed by atoms with Gasteiger partial charge in [-0.25, -0.2) is 9.97 Å². The van der Waals surface area contributed by atoms with E-state index in [0.717, 1.165) is 19.4 Å². The third-order valence-corrected chi connectivity index (χ3v) is 2.94. The fraction of sp³-hybridized carbons (Fsp3) is 0.500. The lowest BCUT2D eigenvalue weighted by molar-refractivity contribution is -0.383. The number of rotatable bonds is 7. The van der Waals surface area contributed by atoms with E-state index < -0.39 is 4.92 Å². The molecule has 0 spiro atoms. The fourth-order valence-corrected chi connectivity index (χ4v) is 2.00. The number of nitro groups is 1. The largest absolute Gasteiger partial charge is 0.376 e. The third-order valence-electron chi connectivity index (χ3n) is 2.94. The minimum atomic E-state index is -0.497. The van der Waals surface area contributed by atoms with Gasteiger partial charge in [-0.3, -0.25) is 10.1 Å². The molecule has 1 atom stereocenters. The molecule has 1 saturated heterocycles. The van der Waals surface area contributed by atoms with Crippen LogP contribution in [0.1, 0.15) is 12.8 Å². The van der Waals surface area contributed by atoms with Crippen LogP contribution in [0.4, 0.5) is 17.3 Å². The topological polar surface area (TPSA) is 102 Å². The smallest absolute Gasteiger partial charge is 0.353 e. The fourth-order valence-electron chi connectivity index (χ4n) is 2.00. The van der Waals surface area contributed by atoms with Crippen LogP contribution in [0.25, 0.3) is 0 Å². The van der Waals surface area contributed by atoms with Crippen LogP contribution in [0.15, 0.2) is 19.0 Å². The highest BCUT2D eigenvalue weighted by molar-refractivity contribution is 5.69. The van der Waals surface area contributed by atoms with E-state index in [0.29, 0.717) is 13.1 Å². The number of hydrogen-bond acceptors (Lipinski definition) is 7. The van der Waals surface area contributed by atoms with Gasteiger partial charge in [-0.2, -0.15) is 0 Å². The van der Waals surface area contributed by atoms with Gasteiger partial charge in [0.05, 0.1) is 11.0 Å². The van der Waals surface area contributed by atoms with Gasteiger partial charge in [0.25, 0.3) is 0 Å². The van der Waals surface area contributed by atoms with Gasteiger partial charge in [0, 0.05) is 19.7 Å². The molecule has 1 unspecified atom stereocenters. The van der Waals surface area contributed by atoms with Crippen LogP contribution in [0, 0.1) is 10.1 Å². The molecule has 0 bridgehead atoms. The summed E-state index contributed by atoms with van der Waals surface area (Å²) < 4.78 is 5.47. The summed E-state index contributed by atoms with van der Waals surface area (Å²) in [6.45, 7) is 5.18. The molecule has 1 aromatic rings. The van der Waals surface area contributed by atoms with E-state index in [-0.39, 0.29) is 23.4 Å². The average Bonchev–Trinajstić information content (AvgIpc) is 2.95. The Kier molecular flexibility index (Phi) is 4.83. The number of nitrogens with one attached hydrogen (secondary N) is 2. The Balaban J connectivity index is 2.13. The van der Waals surface area contributed by atoms with Crippen molar-refractivity contribution in [2.75, 3.05) is 30.3 Å². The molecule has 2 heterocycles. The third kappa shape index (κ3) is 3.41. The van der Waals surface area contributed by atoms with Gasteiger partial charge < -0.3 is 15.4 Å². The lowest BCUT2D eigenvalue weighted by Gasteiger charge is -2.12. The second kappa shape index (κ2) is 6.80. The molecule has 8 nitrogen and oxygen atoms in total. The summed E-state index contributed by atoms with van der Waals surface area (Å²) in [5.41, 5.74) is -0.160. The SMILES string of the molecule is C=CCNc1ncnc(NCC2CCCO2)c1[N+](=O)[O-]. The highest BCUT2D eigenvalue weighted by atomic mass is 16.6. The Bertz CT molecular complexity index is 488. The number of aromatic nitrogens is 2. The summed E-state index contributed by atoms with van der Waals surface area (Å²) in [5.74, 6) is 0.381. The van der Waals surface area contributed by atoms with Crippen molar-refractivity contribution in [2.24, 2.45) is 0 Å². The van der Waals surface area contributed by atoms with Crippen molar-refractivity contribution < 1.29 is 9.66 Å². The van der Waals surface area contributed by atoms with Crippen LogP contribution in [-0.4, -0.2) is 40.7 Å². The molecule has 0 aliphatic carbocycles. The first kappa shape index (κ1) is 14.2. The van der Waals surface area contributed by atoms with Gasteiger partial charge in [0.15, 0.2) is 0 Å². The highest BCUT2D eigenvalue weighted by Gasteiger charge is 2.24. The standard InChI is InChI=1S/C12H17N5O3/c1-2-5-13-11-10(17(18)19)12(16-8-15-11)14-7-9-4-3-6-20-9/h2,8-9H,1,3-7H2,(H2,13,14,15,16). The van der Waals surface area contributed by atoms with Crippen molar-refractivity contribution in [2.45, 2.75) is 18.9 Å². The molecule has 0 radical (unpaired) electrons. The van der Waals surface area contributed by atoms with Gasteiger partial charge in [-0.05, 0) is 12.8 Å². The molecule has 8 heteroatoms. The number of hydrogen-bond donors (Lipinski definition) is 2. The molecule has 2 N–H and O–H groups in total. The van der Waals surface area contributed by atoms with Gasteiger partial charge in [-0.15, -0.1) is 6.58 Å². The second-order valence-corrected chi connectivity index (χ2v) is 4.36. The van der Waals surface area contributed by atoms with Crippen LogP contribution in [-0.2, 0) is 4.74 Å². The van der Waals surface area contributed by atoms with E-state index >= 15 is 0 Å². The summed E-state index contributed by atoms with van der Waals surface area (Å²) in [5, 5.41) is 17.0. The number of anilines is 2. The summed E-state index contributed by atoms with van der Waals surface area (Å²) in [7, 11) is 0. The quantitative estimate of drug-likeness (QED) is 0.443. The minimum absolute atomic E-state index is 0.0779. The average molecular weight is 279 g/mol. The van der Waals surface area contributed by atoms with Crippen LogP contribution in [0.3, 0.4) is 0 Å². The summed E-state index contributed by atoms with van der Waals surface area (Å²) in [6, 6.07) is 0. The van der Waals surface area contributed by atoms with E-state index in [1.807, 2.05) is 0 Å². The Hall–Kier alpha value is -2.22. The van der Waals surface area contributed by atoms with E-state index in [1.165, 1.54) is 6.33 Å². The predicted octanol–water partition coefficient (Wildman–Crippen LogP) is 1.57. The zero-order valence-corrected chi connectivity index (χ0v) is 11.0. The van der Waals surface area contributed by atoms with Crippen molar-refractivity contribution in [3.63, 3.8) is 0 Å². The molecule has 0 saturated carbocycles. The first-order valence-corrected chi connectivity index (χ1v) is 6.42. The first-order chi connectivity index (χ1) is 9.72. The molecular weight excluding hydrogens is 262 g/mol. The van der Waals surface area contributed by atoms with Gasteiger partial charge in [0.2, 0.25) is 11.6 Å². The maximum Gasteiger partial charge on any atom is 0.353 e. The molecule has 0 aromatic carbocycles. The van der Waals surface area contributed by atoms with E-state index in [1.54, 1.807) is 6.08 Å². The Labute approximate surface area is 116 Å². The van der Waals surface area contributed by atoms with Crippen molar-refractivity contribution in [1.29, 1.82) is 0 Å². The zero-order chi connectivity index (χ0) is 14.4. The van der Waals surface area contributed by atoms with Crippen LogP contribution < -0.4 is 10.6 Å². The molecule has 2 rings (SSSR count). The molecule has 1 aromatic heterocycles. The molecule has 108 valence electrons. The van der Waals surface area contributed by atoms with Crippen LogP contribution in [0.5, 0.6) is 0 Å². The molecule has 1 fully saturated rings. The Morgan fingerprint density at radius 1 is 1.50 bits per heavy atom. The highest BCUT2D eigenvalue weighted by Crippen LogP contribution is 2.29. The van der Waals surface area contributed by atoms with E-state index in [2.05, 4.69) is 27.2 Å². The minimum Gasteiger partial charge on any atom is -0.376 e. The monoisotopic (exact) mass is 279 g/mol. The van der Waals surface area contributed by atoms with Crippen molar-refractivity contribution in [3.05, 3.63) is 29.1 Å². The van der Waals surface area contributed by atoms with Crippen LogP contribution >= 0.6 is 0 Å². The van der Waals surface area contributed by atoms with Gasteiger partial charge in [-0.1, -0.05) is 6.08 Å². The Morgan fingerprint density at radius 2 is 2.25 bits per heavy atom. The second-order valence-electron chi connectivity index (χ2n) is 4.36. The molecule has 0 amide bonds. The van der Waals surface area contributed by atoms with E-state index in [9.17, 15) is 10.1 Å². The Morgan fingerprint density at radius 3 is 2.85 bits per heavy atom. The van der Waals surface area contributed by atoms with Crippen molar-refractivity contribution in [3.8, 4) is 0 Å². The summed E-state index contributed by atoms with van der Waals surface area (Å²) in [6.07, 6.45) is 4.94. The van der Waals surface area contributed by atoms with Crippen molar-refractivity contribution >= 4 is 17.3 Å². The molecule has 20 heavy (non-hydrogen) atoms.